The molecule has 28 heavy (non-hydrogen) atoms. The highest BCUT2D eigenvalue weighted by molar-refractivity contribution is 6.01. The maximum atomic E-state index is 12.5. The first-order valence-corrected chi connectivity index (χ1v) is 8.63. The first-order chi connectivity index (χ1) is 13.5. The second kappa shape index (κ2) is 10.5. The number of carbonyl (C=O) groups excluding carboxylic acids is 2. The molecule has 2 amide bonds. The van der Waals surface area contributed by atoms with Crippen LogP contribution in [0.4, 0.5) is 4.79 Å². The predicted octanol–water partition coefficient (Wildman–Crippen LogP) is 3.16. The van der Waals surface area contributed by atoms with Gasteiger partial charge in [0.25, 0.3) is 5.91 Å². The average Bonchev–Trinajstić information content (AvgIpc) is 2.74. The molecule has 2 aromatic rings. The average molecular weight is 381 g/mol. The number of allylic oxidation sites excluding steroid dienone is 1. The van der Waals surface area contributed by atoms with E-state index in [1.165, 1.54) is 0 Å². The minimum absolute atomic E-state index is 0.0263. The van der Waals surface area contributed by atoms with Crippen molar-refractivity contribution in [2.45, 2.75) is 20.1 Å². The Hall–Kier alpha value is -3.61. The van der Waals surface area contributed by atoms with Gasteiger partial charge in [0.1, 0.15) is 18.1 Å². The molecule has 2 aromatic carbocycles. The Morgan fingerprint density at radius 2 is 1.71 bits per heavy atom. The zero-order chi connectivity index (χ0) is 20.4. The molecule has 0 aliphatic carbocycles. The molecular weight excluding hydrogens is 358 g/mol. The molecular formula is C21H23N3O4. The Balaban J connectivity index is 1.95. The highest BCUT2D eigenvalue weighted by Crippen LogP contribution is 2.11. The fraction of sp³-hybridized carbons (Fsp3) is 0.190. The number of ether oxygens (including phenoxy) is 2. The summed E-state index contributed by atoms with van der Waals surface area (Å²) in [5.41, 5.74) is 1.98. The van der Waals surface area contributed by atoms with Crippen LogP contribution >= 0.6 is 0 Å². The largest absolute Gasteiger partial charge is 0.497 e. The van der Waals surface area contributed by atoms with E-state index in [1.54, 1.807) is 26.2 Å². The first-order valence-electron chi connectivity index (χ1n) is 8.63. The highest BCUT2D eigenvalue weighted by atomic mass is 16.5. The van der Waals surface area contributed by atoms with Gasteiger partial charge >= 0.3 is 6.09 Å². The Bertz CT molecular complexity index is 846. The van der Waals surface area contributed by atoms with Crippen molar-refractivity contribution in [1.82, 2.24) is 10.6 Å². The number of hydrogen-bond donors (Lipinski definition) is 3. The van der Waals surface area contributed by atoms with Crippen LogP contribution in [0.1, 0.15) is 18.1 Å². The molecule has 0 saturated heterocycles. The Morgan fingerprint density at radius 3 is 2.32 bits per heavy atom. The van der Waals surface area contributed by atoms with Crippen molar-refractivity contribution in [3.63, 3.8) is 0 Å². The van der Waals surface area contributed by atoms with Gasteiger partial charge in [-0.2, -0.15) is 0 Å². The van der Waals surface area contributed by atoms with Crippen LogP contribution in [0.2, 0.25) is 0 Å². The lowest BCUT2D eigenvalue weighted by Crippen LogP contribution is -2.36. The minimum Gasteiger partial charge on any atom is -0.497 e. The third kappa shape index (κ3) is 6.28. The molecule has 0 bridgehead atoms. The van der Waals surface area contributed by atoms with E-state index in [9.17, 15) is 9.59 Å². The van der Waals surface area contributed by atoms with Crippen LogP contribution in [0.25, 0.3) is 0 Å². The highest BCUT2D eigenvalue weighted by Gasteiger charge is 2.16. The van der Waals surface area contributed by atoms with Crippen LogP contribution < -0.4 is 15.4 Å². The van der Waals surface area contributed by atoms with E-state index < -0.39 is 12.0 Å². The second-order valence-corrected chi connectivity index (χ2v) is 5.92. The van der Waals surface area contributed by atoms with Gasteiger partial charge in [0.05, 0.1) is 7.11 Å². The minimum atomic E-state index is -0.764. The Kier molecular flexibility index (Phi) is 7.77. The number of hydrogen-bond acceptors (Lipinski definition) is 5. The van der Waals surface area contributed by atoms with E-state index in [4.69, 9.17) is 14.9 Å². The van der Waals surface area contributed by atoms with Crippen molar-refractivity contribution in [3.8, 4) is 5.75 Å². The van der Waals surface area contributed by atoms with Crippen molar-refractivity contribution in [3.05, 3.63) is 77.0 Å². The maximum Gasteiger partial charge on any atom is 0.412 e. The molecule has 0 heterocycles. The molecule has 0 saturated carbocycles. The summed E-state index contributed by atoms with van der Waals surface area (Å²) in [6.45, 7) is 1.90. The van der Waals surface area contributed by atoms with Gasteiger partial charge in [-0.25, -0.2) is 4.79 Å². The lowest BCUT2D eigenvalue weighted by Gasteiger charge is -2.13. The number of nitrogens with one attached hydrogen (secondary N) is 3. The standard InChI is InChI=1S/C21H23N3O4/c1-15(12-22)19(24-21(26)28-14-17-6-4-3-5-7-17)20(25)23-13-16-8-10-18(27-2)11-9-16/h3-12,22H,13-14H2,1-2H3,(H,23,25)(H,24,26)/b19-15+,22-12?. The summed E-state index contributed by atoms with van der Waals surface area (Å²) in [5, 5.41) is 12.5. The molecule has 146 valence electrons. The summed E-state index contributed by atoms with van der Waals surface area (Å²) in [6, 6.07) is 16.4. The molecule has 2 rings (SSSR count). The van der Waals surface area contributed by atoms with Crippen molar-refractivity contribution in [2.24, 2.45) is 0 Å². The molecule has 0 fully saturated rings. The van der Waals surface area contributed by atoms with Crippen LogP contribution in [0, 0.1) is 5.41 Å². The normalized spacial score (nSPS) is 11.1. The number of benzene rings is 2. The van der Waals surface area contributed by atoms with Crippen LogP contribution in [-0.4, -0.2) is 25.3 Å². The van der Waals surface area contributed by atoms with Gasteiger partial charge in [0, 0.05) is 12.8 Å². The molecule has 0 atom stereocenters. The molecule has 0 aliphatic heterocycles. The molecule has 0 aromatic heterocycles. The van der Waals surface area contributed by atoms with Gasteiger partial charge < -0.3 is 20.2 Å². The zero-order valence-electron chi connectivity index (χ0n) is 15.8. The molecule has 7 heteroatoms. The number of carbonyl (C=O) groups is 2. The molecule has 7 nitrogen and oxygen atoms in total. The SMILES string of the molecule is COc1ccc(CNC(=O)/C(NC(=O)OCc2ccccc2)=C(/C)C=N)cc1. The molecule has 3 N–H and O–H groups in total. The van der Waals surface area contributed by atoms with Gasteiger partial charge in [-0.3, -0.25) is 10.1 Å². The number of amides is 2. The van der Waals surface area contributed by atoms with Crippen molar-refractivity contribution in [1.29, 1.82) is 5.41 Å². The van der Waals surface area contributed by atoms with Crippen molar-refractivity contribution >= 4 is 18.2 Å². The summed E-state index contributed by atoms with van der Waals surface area (Å²) in [4.78, 5) is 24.5. The van der Waals surface area contributed by atoms with Crippen LogP contribution in [0.5, 0.6) is 5.75 Å². The number of alkyl carbamates (subject to hydrolysis) is 1. The second-order valence-electron chi connectivity index (χ2n) is 5.92. The zero-order valence-corrected chi connectivity index (χ0v) is 15.8. The van der Waals surface area contributed by atoms with E-state index in [1.807, 2.05) is 42.5 Å². The quantitative estimate of drug-likeness (QED) is 0.483. The van der Waals surface area contributed by atoms with Gasteiger partial charge in [0.15, 0.2) is 0 Å². The summed E-state index contributed by atoms with van der Waals surface area (Å²) in [7, 11) is 1.58. The summed E-state index contributed by atoms with van der Waals surface area (Å²) in [6.07, 6.45) is 0.236. The number of rotatable bonds is 8. The van der Waals surface area contributed by atoms with E-state index in [0.717, 1.165) is 23.1 Å². The monoisotopic (exact) mass is 381 g/mol. The number of methoxy groups -OCH3 is 1. The lowest BCUT2D eigenvalue weighted by molar-refractivity contribution is -0.118. The topological polar surface area (TPSA) is 101 Å². The summed E-state index contributed by atoms with van der Waals surface area (Å²) >= 11 is 0. The van der Waals surface area contributed by atoms with Crippen molar-refractivity contribution < 1.29 is 19.1 Å². The molecule has 0 spiro atoms. The van der Waals surface area contributed by atoms with Crippen LogP contribution in [-0.2, 0) is 22.7 Å². The van der Waals surface area contributed by atoms with Gasteiger partial charge in [-0.05, 0) is 35.8 Å². The maximum absolute atomic E-state index is 12.5. The Morgan fingerprint density at radius 1 is 1.04 bits per heavy atom. The predicted molar refractivity (Wildman–Crippen MR) is 106 cm³/mol. The first kappa shape index (κ1) is 20.7. The molecule has 0 radical (unpaired) electrons. The summed E-state index contributed by atoms with van der Waals surface area (Å²) < 4.78 is 10.2. The third-order valence-electron chi connectivity index (χ3n) is 3.89. The lowest BCUT2D eigenvalue weighted by atomic mass is 10.2. The smallest absolute Gasteiger partial charge is 0.412 e. The van der Waals surface area contributed by atoms with Gasteiger partial charge in [-0.15, -0.1) is 0 Å². The summed E-state index contributed by atoms with van der Waals surface area (Å²) in [5.74, 6) is 0.214. The third-order valence-corrected chi connectivity index (χ3v) is 3.89. The Labute approximate surface area is 163 Å². The van der Waals surface area contributed by atoms with Crippen LogP contribution in [0.3, 0.4) is 0 Å². The van der Waals surface area contributed by atoms with Crippen molar-refractivity contribution in [2.75, 3.05) is 7.11 Å². The van der Waals surface area contributed by atoms with E-state index >= 15 is 0 Å². The molecule has 0 aliphatic rings. The van der Waals surface area contributed by atoms with Gasteiger partial charge in [0.2, 0.25) is 0 Å². The fourth-order valence-corrected chi connectivity index (χ4v) is 2.28. The van der Waals surface area contributed by atoms with E-state index in [-0.39, 0.29) is 18.8 Å². The van der Waals surface area contributed by atoms with E-state index in [0.29, 0.717) is 5.57 Å². The van der Waals surface area contributed by atoms with E-state index in [2.05, 4.69) is 10.6 Å². The van der Waals surface area contributed by atoms with Gasteiger partial charge in [-0.1, -0.05) is 42.5 Å². The van der Waals surface area contributed by atoms with Crippen LogP contribution in [0.15, 0.2) is 65.9 Å². The fourth-order valence-electron chi connectivity index (χ4n) is 2.28. The molecule has 0 unspecified atom stereocenters.